The van der Waals surface area contributed by atoms with Crippen LogP contribution in [-0.2, 0) is 10.1 Å². The number of carbonyl (C=O) groups is 1. The minimum atomic E-state index is -4.25. The van der Waals surface area contributed by atoms with Crippen LogP contribution in [0.5, 0.6) is 11.5 Å². The zero-order valence-corrected chi connectivity index (χ0v) is 33.0. The molecule has 0 spiro atoms. The molecule has 278 valence electrons. The van der Waals surface area contributed by atoms with Gasteiger partial charge in [-0.1, -0.05) is 113 Å². The zero-order valence-electron chi connectivity index (χ0n) is 31.3. The van der Waals surface area contributed by atoms with Crippen molar-refractivity contribution < 1.29 is 22.1 Å². The Morgan fingerprint density at radius 1 is 0.660 bits per heavy atom. The number of hydrogen-bond donors (Lipinski definition) is 0. The Morgan fingerprint density at radius 2 is 1.34 bits per heavy atom. The van der Waals surface area contributed by atoms with Crippen molar-refractivity contribution >= 4 is 33.4 Å². The van der Waals surface area contributed by atoms with Gasteiger partial charge in [0, 0.05) is 47.1 Å². The van der Waals surface area contributed by atoms with Crippen molar-refractivity contribution in [1.82, 2.24) is 0 Å². The molecule has 0 amide bonds. The summed E-state index contributed by atoms with van der Waals surface area (Å²) in [5, 5.41) is 0. The molecule has 0 saturated heterocycles. The highest BCUT2D eigenvalue weighted by atomic mass is 32.2. The highest BCUT2D eigenvalue weighted by molar-refractivity contribution is 8.00. The van der Waals surface area contributed by atoms with Gasteiger partial charge in [-0.15, -0.1) is 0 Å². The normalized spacial score (nSPS) is 11.3. The molecule has 0 saturated carbocycles. The summed E-state index contributed by atoms with van der Waals surface area (Å²) in [6.07, 6.45) is 9.30. The van der Waals surface area contributed by atoms with Gasteiger partial charge in [0.1, 0.15) is 16.4 Å². The quantitative estimate of drug-likeness (QED) is 0.0445. The van der Waals surface area contributed by atoms with Crippen LogP contribution in [0.1, 0.15) is 82.0 Å². The second-order valence-electron chi connectivity index (χ2n) is 13.4. The number of nitrogens with zero attached hydrogens (tertiary/aromatic N) is 1. The average Bonchev–Trinajstić information content (AvgIpc) is 3.17. The van der Waals surface area contributed by atoms with Gasteiger partial charge in [0.05, 0.1) is 6.61 Å². The smallest absolute Gasteiger partial charge is 0.340 e. The summed E-state index contributed by atoms with van der Waals surface area (Å²) in [7, 11) is -0.276. The first-order valence-corrected chi connectivity index (χ1v) is 20.9. The maximum atomic E-state index is 14.1. The van der Waals surface area contributed by atoms with Crippen LogP contribution in [0.3, 0.4) is 0 Å². The molecular formula is C45H51NO5S2. The molecule has 0 aliphatic rings. The van der Waals surface area contributed by atoms with Crippen LogP contribution < -0.4 is 13.8 Å². The second-order valence-corrected chi connectivity index (χ2v) is 16.0. The fourth-order valence-electron chi connectivity index (χ4n) is 6.16. The number of carbonyl (C=O) groups excluding carboxylic acids is 1. The number of anilines is 1. The van der Waals surface area contributed by atoms with Crippen molar-refractivity contribution in [1.29, 1.82) is 0 Å². The van der Waals surface area contributed by atoms with Gasteiger partial charge in [0.15, 0.2) is 5.78 Å². The molecule has 0 fully saturated rings. The number of para-hydroxylation sites is 1. The Morgan fingerprint density at radius 3 is 2.06 bits per heavy atom. The Hall–Kier alpha value is -4.53. The minimum absolute atomic E-state index is 0.0672. The van der Waals surface area contributed by atoms with Crippen molar-refractivity contribution in [3.63, 3.8) is 0 Å². The third kappa shape index (κ3) is 11.0. The SMILES string of the molecule is CCCCCCCCC(=O)c1ccc(N(C)C)c(-c2ccccc2-c2ccc(Sc3ccc(OCCCC)cc3)c(S(=O)(=O)Oc3ccccc3)c2)c1. The summed E-state index contributed by atoms with van der Waals surface area (Å²) in [5.74, 6) is 1.15. The minimum Gasteiger partial charge on any atom is -0.494 e. The molecule has 5 aromatic rings. The Labute approximate surface area is 320 Å². The third-order valence-electron chi connectivity index (χ3n) is 9.07. The molecular weight excluding hydrogens is 699 g/mol. The molecule has 53 heavy (non-hydrogen) atoms. The van der Waals surface area contributed by atoms with Gasteiger partial charge in [-0.3, -0.25) is 4.79 Å². The van der Waals surface area contributed by atoms with E-state index in [4.69, 9.17) is 8.92 Å². The standard InChI is InChI=1S/C45H51NO5S2/c1-5-7-9-10-11-15-22-43(47)35-23-29-42(46(3)4)41(32-35)40-21-17-16-20-39(40)34-24-30-44(52-38-27-25-36(26-28-38)50-31-8-6-2)45(33-34)53(48,49)51-37-18-13-12-14-19-37/h12-14,16-21,23-30,32-33H,5-11,15,22,31H2,1-4H3. The van der Waals surface area contributed by atoms with Crippen LogP contribution in [0.2, 0.25) is 0 Å². The molecule has 5 rings (SSSR count). The van der Waals surface area contributed by atoms with E-state index in [9.17, 15) is 13.2 Å². The lowest BCUT2D eigenvalue weighted by molar-refractivity contribution is 0.0979. The third-order valence-corrected chi connectivity index (χ3v) is 11.6. The van der Waals surface area contributed by atoms with E-state index in [1.165, 1.54) is 31.0 Å². The molecule has 0 radical (unpaired) electrons. The van der Waals surface area contributed by atoms with Gasteiger partial charge in [0.2, 0.25) is 0 Å². The number of hydrogen-bond acceptors (Lipinski definition) is 7. The second kappa shape index (κ2) is 19.5. The first-order chi connectivity index (χ1) is 25.7. The molecule has 0 N–H and O–H groups in total. The van der Waals surface area contributed by atoms with Crippen molar-refractivity contribution in [3.05, 3.63) is 121 Å². The predicted octanol–water partition coefficient (Wildman–Crippen LogP) is 12.1. The van der Waals surface area contributed by atoms with E-state index in [-0.39, 0.29) is 16.4 Å². The van der Waals surface area contributed by atoms with Gasteiger partial charge >= 0.3 is 10.1 Å². The lowest BCUT2D eigenvalue weighted by Gasteiger charge is -2.21. The molecule has 0 aromatic heterocycles. The van der Waals surface area contributed by atoms with Gasteiger partial charge in [-0.05, 0) is 96.3 Å². The van der Waals surface area contributed by atoms with Crippen molar-refractivity contribution in [2.45, 2.75) is 86.3 Å². The van der Waals surface area contributed by atoms with Crippen LogP contribution >= 0.6 is 11.8 Å². The Bertz CT molecular complexity index is 2040. The lowest BCUT2D eigenvalue weighted by atomic mass is 9.91. The highest BCUT2D eigenvalue weighted by Gasteiger charge is 2.24. The van der Waals surface area contributed by atoms with Crippen LogP contribution in [0, 0.1) is 0 Å². The fraction of sp³-hybridized carbons (Fsp3) is 0.311. The predicted molar refractivity (Wildman–Crippen MR) is 219 cm³/mol. The summed E-state index contributed by atoms with van der Waals surface area (Å²) in [4.78, 5) is 16.9. The van der Waals surface area contributed by atoms with Gasteiger partial charge in [-0.2, -0.15) is 8.42 Å². The molecule has 8 heteroatoms. The summed E-state index contributed by atoms with van der Waals surface area (Å²) in [6.45, 7) is 4.98. The Balaban J connectivity index is 1.52. The number of rotatable bonds is 20. The Kier molecular flexibility index (Phi) is 14.6. The van der Waals surface area contributed by atoms with Gasteiger partial charge < -0.3 is 13.8 Å². The van der Waals surface area contributed by atoms with E-state index < -0.39 is 10.1 Å². The van der Waals surface area contributed by atoms with E-state index in [1.807, 2.05) is 104 Å². The lowest BCUT2D eigenvalue weighted by Crippen LogP contribution is -2.12. The van der Waals surface area contributed by atoms with E-state index in [0.717, 1.165) is 65.1 Å². The van der Waals surface area contributed by atoms with Gasteiger partial charge in [0.25, 0.3) is 0 Å². The molecule has 5 aromatic carbocycles. The molecule has 0 atom stereocenters. The van der Waals surface area contributed by atoms with E-state index in [1.54, 1.807) is 30.3 Å². The molecule has 0 aliphatic heterocycles. The maximum Gasteiger partial charge on any atom is 0.340 e. The molecule has 0 unspecified atom stereocenters. The first kappa shape index (κ1) is 39.7. The monoisotopic (exact) mass is 749 g/mol. The number of Topliss-reactive ketones (excluding diaryl/α,β-unsaturated/α-hetero) is 1. The number of ether oxygens (including phenoxy) is 1. The van der Waals surface area contributed by atoms with Crippen molar-refractivity contribution in [3.8, 4) is 33.8 Å². The van der Waals surface area contributed by atoms with Gasteiger partial charge in [-0.25, -0.2) is 0 Å². The van der Waals surface area contributed by atoms with E-state index in [0.29, 0.717) is 29.1 Å². The number of ketones is 1. The molecule has 0 aliphatic carbocycles. The molecule has 6 nitrogen and oxygen atoms in total. The largest absolute Gasteiger partial charge is 0.494 e. The molecule has 0 bridgehead atoms. The summed E-state index contributed by atoms with van der Waals surface area (Å²) in [5.41, 5.74) is 5.01. The zero-order chi connectivity index (χ0) is 37.6. The summed E-state index contributed by atoms with van der Waals surface area (Å²) < 4.78 is 39.7. The van der Waals surface area contributed by atoms with E-state index >= 15 is 0 Å². The van der Waals surface area contributed by atoms with Crippen LogP contribution in [0.25, 0.3) is 22.3 Å². The van der Waals surface area contributed by atoms with Crippen LogP contribution in [-0.4, -0.2) is 34.9 Å². The maximum absolute atomic E-state index is 14.1. The summed E-state index contributed by atoms with van der Waals surface area (Å²) >= 11 is 1.36. The van der Waals surface area contributed by atoms with Crippen LogP contribution in [0.4, 0.5) is 5.69 Å². The first-order valence-electron chi connectivity index (χ1n) is 18.7. The summed E-state index contributed by atoms with van der Waals surface area (Å²) in [6, 6.07) is 35.6. The fourth-order valence-corrected chi connectivity index (χ4v) is 8.46. The topological polar surface area (TPSA) is 72.9 Å². The van der Waals surface area contributed by atoms with Crippen molar-refractivity contribution in [2.24, 2.45) is 0 Å². The number of benzene rings is 5. The average molecular weight is 750 g/mol. The van der Waals surface area contributed by atoms with E-state index in [2.05, 4.69) is 13.8 Å². The molecule has 0 heterocycles. The highest BCUT2D eigenvalue weighted by Crippen LogP contribution is 2.42. The van der Waals surface area contributed by atoms with Crippen LogP contribution in [0.15, 0.2) is 130 Å². The van der Waals surface area contributed by atoms with Crippen molar-refractivity contribution in [2.75, 3.05) is 25.6 Å². The number of unbranched alkanes of at least 4 members (excludes halogenated alkanes) is 6.